The zero-order valence-electron chi connectivity index (χ0n) is 19.7. The number of amides is 1. The molecule has 1 amide bonds. The summed E-state index contributed by atoms with van der Waals surface area (Å²) in [6.07, 6.45) is -4.43. The summed E-state index contributed by atoms with van der Waals surface area (Å²) in [5.41, 5.74) is 0.0403. The van der Waals surface area contributed by atoms with Gasteiger partial charge in [-0.15, -0.1) is 0 Å². The van der Waals surface area contributed by atoms with Crippen molar-refractivity contribution in [2.24, 2.45) is 0 Å². The predicted octanol–water partition coefficient (Wildman–Crippen LogP) is 5.54. The van der Waals surface area contributed by atoms with Gasteiger partial charge < -0.3 is 14.5 Å². The molecule has 0 radical (unpaired) electrons. The van der Waals surface area contributed by atoms with Gasteiger partial charge in [-0.1, -0.05) is 29.3 Å². The highest BCUT2D eigenvalue weighted by molar-refractivity contribution is 7.92. The van der Waals surface area contributed by atoms with Crippen LogP contribution in [0.25, 0.3) is 0 Å². The lowest BCUT2D eigenvalue weighted by molar-refractivity contribution is -0.137. The van der Waals surface area contributed by atoms with Gasteiger partial charge in [0.25, 0.3) is 15.9 Å². The first-order chi connectivity index (χ1) is 17.9. The first kappa shape index (κ1) is 27.9. The molecule has 0 bridgehead atoms. The molecule has 4 rings (SSSR count). The monoisotopic (exact) mass is 587 g/mol. The van der Waals surface area contributed by atoms with E-state index in [-0.39, 0.29) is 28.2 Å². The first-order valence-corrected chi connectivity index (χ1v) is 13.6. The standard InChI is InChI=1S/C25H22Cl2F3N3O4S/c26-18-4-6-19(7-5-18)31-38(35,36)21-8-9-23(22(27)15-21)37-16-24(34)33-12-10-32(11-13-33)20-3-1-2-17(14-20)25(28,29)30/h1-9,14-15,31H,10-13,16H2. The van der Waals surface area contributed by atoms with E-state index < -0.39 is 21.8 Å². The number of sulfonamides is 1. The molecule has 0 spiro atoms. The second kappa shape index (κ2) is 11.3. The Hall–Kier alpha value is -3.15. The Morgan fingerprint density at radius 3 is 2.26 bits per heavy atom. The number of ether oxygens (including phenoxy) is 1. The average Bonchev–Trinajstić information content (AvgIpc) is 2.88. The molecule has 1 heterocycles. The van der Waals surface area contributed by atoms with Crippen LogP contribution in [0.5, 0.6) is 5.75 Å². The van der Waals surface area contributed by atoms with Crippen molar-refractivity contribution in [1.82, 2.24) is 4.90 Å². The number of hydrogen-bond donors (Lipinski definition) is 1. The van der Waals surface area contributed by atoms with Crippen molar-refractivity contribution in [2.45, 2.75) is 11.1 Å². The Bertz CT molecular complexity index is 1410. The van der Waals surface area contributed by atoms with Crippen LogP contribution >= 0.6 is 23.2 Å². The van der Waals surface area contributed by atoms with E-state index in [0.29, 0.717) is 42.6 Å². The summed E-state index contributed by atoms with van der Waals surface area (Å²) >= 11 is 12.0. The fourth-order valence-electron chi connectivity index (χ4n) is 3.82. The van der Waals surface area contributed by atoms with E-state index >= 15 is 0 Å². The van der Waals surface area contributed by atoms with Crippen molar-refractivity contribution in [3.8, 4) is 5.75 Å². The average molecular weight is 588 g/mol. The van der Waals surface area contributed by atoms with Crippen molar-refractivity contribution in [2.75, 3.05) is 42.4 Å². The molecule has 0 unspecified atom stereocenters. The SMILES string of the molecule is O=C(COc1ccc(S(=O)(=O)Nc2ccc(Cl)cc2)cc1Cl)N1CCN(c2cccc(C(F)(F)F)c2)CC1. The number of nitrogens with one attached hydrogen (secondary N) is 1. The number of benzene rings is 3. The Balaban J connectivity index is 1.31. The molecule has 3 aromatic rings. The molecule has 0 saturated carbocycles. The molecule has 38 heavy (non-hydrogen) atoms. The summed E-state index contributed by atoms with van der Waals surface area (Å²) in [5.74, 6) is -0.195. The Morgan fingerprint density at radius 2 is 1.63 bits per heavy atom. The van der Waals surface area contributed by atoms with Crippen molar-refractivity contribution < 1.29 is 31.1 Å². The third-order valence-electron chi connectivity index (χ3n) is 5.83. The second-order valence-corrected chi connectivity index (χ2v) is 10.9. The second-order valence-electron chi connectivity index (χ2n) is 8.41. The topological polar surface area (TPSA) is 78.9 Å². The highest BCUT2D eigenvalue weighted by Crippen LogP contribution is 2.32. The van der Waals surface area contributed by atoms with Crippen LogP contribution in [0.2, 0.25) is 10.0 Å². The molecule has 1 N–H and O–H groups in total. The predicted molar refractivity (Wildman–Crippen MR) is 139 cm³/mol. The van der Waals surface area contributed by atoms with Gasteiger partial charge in [0.1, 0.15) is 5.75 Å². The van der Waals surface area contributed by atoms with Gasteiger partial charge in [-0.25, -0.2) is 8.42 Å². The minimum atomic E-state index is -4.43. The van der Waals surface area contributed by atoms with E-state index in [1.54, 1.807) is 28.0 Å². The van der Waals surface area contributed by atoms with Crippen molar-refractivity contribution >= 4 is 50.5 Å². The van der Waals surface area contributed by atoms with Crippen LogP contribution < -0.4 is 14.4 Å². The first-order valence-electron chi connectivity index (χ1n) is 11.3. The van der Waals surface area contributed by atoms with Crippen molar-refractivity contribution in [1.29, 1.82) is 0 Å². The number of carbonyl (C=O) groups is 1. The fraction of sp³-hybridized carbons (Fsp3) is 0.240. The molecule has 1 saturated heterocycles. The summed E-state index contributed by atoms with van der Waals surface area (Å²) in [7, 11) is -3.93. The van der Waals surface area contributed by atoms with Crippen LogP contribution in [0.4, 0.5) is 24.5 Å². The smallest absolute Gasteiger partial charge is 0.416 e. The summed E-state index contributed by atoms with van der Waals surface area (Å²) in [5, 5.41) is 0.468. The Kier molecular flexibility index (Phi) is 8.29. The maximum absolute atomic E-state index is 13.0. The van der Waals surface area contributed by atoms with Gasteiger partial charge in [-0.3, -0.25) is 9.52 Å². The molecule has 0 aromatic heterocycles. The molecule has 7 nitrogen and oxygen atoms in total. The lowest BCUT2D eigenvalue weighted by Gasteiger charge is -2.36. The number of nitrogens with zero attached hydrogens (tertiary/aromatic N) is 2. The summed E-state index contributed by atoms with van der Waals surface area (Å²) in [4.78, 5) is 15.9. The molecule has 3 aromatic carbocycles. The van der Waals surface area contributed by atoms with Crippen LogP contribution in [-0.2, 0) is 21.0 Å². The third-order valence-corrected chi connectivity index (χ3v) is 7.76. The van der Waals surface area contributed by atoms with Gasteiger partial charge >= 0.3 is 6.18 Å². The number of alkyl halides is 3. The van der Waals surface area contributed by atoms with Gasteiger partial charge in [-0.05, 0) is 60.7 Å². The van der Waals surface area contributed by atoms with Crippen molar-refractivity contribution in [3.63, 3.8) is 0 Å². The van der Waals surface area contributed by atoms with Gasteiger partial charge in [0.15, 0.2) is 6.61 Å². The normalized spacial score (nSPS) is 14.3. The minimum absolute atomic E-state index is 0.00569. The van der Waals surface area contributed by atoms with Crippen LogP contribution in [-0.4, -0.2) is 52.0 Å². The van der Waals surface area contributed by atoms with E-state index in [2.05, 4.69) is 4.72 Å². The van der Waals surface area contributed by atoms with Crippen molar-refractivity contribution in [3.05, 3.63) is 82.3 Å². The number of piperazine rings is 1. The minimum Gasteiger partial charge on any atom is -0.482 e. The van der Waals surface area contributed by atoms with Gasteiger partial charge in [0.2, 0.25) is 0 Å². The molecule has 0 atom stereocenters. The summed E-state index contributed by atoms with van der Waals surface area (Å²) in [6.45, 7) is 1.000. The lowest BCUT2D eigenvalue weighted by Crippen LogP contribution is -2.50. The molecule has 0 aliphatic carbocycles. The lowest BCUT2D eigenvalue weighted by atomic mass is 10.1. The third kappa shape index (κ3) is 6.83. The van der Waals surface area contributed by atoms with Crippen LogP contribution in [0.15, 0.2) is 71.6 Å². The Morgan fingerprint density at radius 1 is 0.947 bits per heavy atom. The molecule has 13 heteroatoms. The molecule has 1 aliphatic rings. The zero-order chi connectivity index (χ0) is 27.5. The van der Waals surface area contributed by atoms with Gasteiger partial charge in [0, 0.05) is 42.6 Å². The van der Waals surface area contributed by atoms with Crippen LogP contribution in [0, 0.1) is 0 Å². The molecule has 1 fully saturated rings. The van der Waals surface area contributed by atoms with E-state index in [0.717, 1.165) is 12.1 Å². The van der Waals surface area contributed by atoms with E-state index in [1.807, 2.05) is 0 Å². The number of anilines is 2. The molecule has 1 aliphatic heterocycles. The largest absolute Gasteiger partial charge is 0.482 e. The van der Waals surface area contributed by atoms with E-state index in [1.165, 1.54) is 36.4 Å². The maximum atomic E-state index is 13.0. The maximum Gasteiger partial charge on any atom is 0.416 e. The fourth-order valence-corrected chi connectivity index (χ4v) is 5.33. The van der Waals surface area contributed by atoms with Crippen LogP contribution in [0.1, 0.15) is 5.56 Å². The van der Waals surface area contributed by atoms with E-state index in [4.69, 9.17) is 27.9 Å². The van der Waals surface area contributed by atoms with Gasteiger partial charge in [-0.2, -0.15) is 13.2 Å². The summed E-state index contributed by atoms with van der Waals surface area (Å²) < 4.78 is 72.3. The quantitative estimate of drug-likeness (QED) is 0.392. The zero-order valence-corrected chi connectivity index (χ0v) is 22.0. The van der Waals surface area contributed by atoms with Gasteiger partial charge in [0.05, 0.1) is 15.5 Å². The molecular weight excluding hydrogens is 566 g/mol. The van der Waals surface area contributed by atoms with Crippen LogP contribution in [0.3, 0.4) is 0 Å². The molecular formula is C25H22Cl2F3N3O4S. The number of carbonyl (C=O) groups excluding carboxylic acids is 1. The Labute approximate surface area is 227 Å². The highest BCUT2D eigenvalue weighted by atomic mass is 35.5. The summed E-state index contributed by atoms with van der Waals surface area (Å²) in [6, 6.07) is 15.1. The number of halogens is 5. The van der Waals surface area contributed by atoms with E-state index in [9.17, 15) is 26.4 Å². The molecule has 202 valence electrons. The highest BCUT2D eigenvalue weighted by Gasteiger charge is 2.31. The number of hydrogen-bond acceptors (Lipinski definition) is 5. The number of rotatable bonds is 7.